The number of piperidine rings is 1. The minimum absolute atomic E-state index is 0.142. The fourth-order valence-electron chi connectivity index (χ4n) is 4.00. The maximum absolute atomic E-state index is 12.1. The van der Waals surface area contributed by atoms with Crippen LogP contribution in [0.2, 0.25) is 0 Å². The fraction of sp³-hybridized carbons (Fsp3) is 0.417. The highest BCUT2D eigenvalue weighted by Gasteiger charge is 2.19. The number of para-hydroxylation sites is 2. The lowest BCUT2D eigenvalue weighted by Gasteiger charge is -2.32. The van der Waals surface area contributed by atoms with Gasteiger partial charge < -0.3 is 19.9 Å². The number of carbonyl (C=O) groups is 2. The minimum atomic E-state index is -0.250. The summed E-state index contributed by atoms with van der Waals surface area (Å²) in [6.45, 7) is 4.76. The van der Waals surface area contributed by atoms with Gasteiger partial charge in [0.15, 0.2) is 0 Å². The standard InChI is InChI=1S/C23H29N5O.CH2O2/c29-23(8-7-19-4-3-11-24-16-19)25-17-20-9-12-27(13-10-20)14-15-28-18-26-21-5-1-2-6-22(21)28;2-1-3/h1-6,11,16,18,20H,7-10,12-15,17H2,(H,25,29);1H,(H,2,3). The van der Waals surface area contributed by atoms with E-state index in [4.69, 9.17) is 9.90 Å². The van der Waals surface area contributed by atoms with Crippen molar-refractivity contribution in [3.05, 3.63) is 60.7 Å². The number of fused-ring (bicyclic) bond motifs is 1. The first kappa shape index (κ1) is 23.4. The SMILES string of the molecule is O=C(CCc1cccnc1)NCC1CCN(CCn2cnc3ccccc32)CC1.O=CO. The molecule has 1 fully saturated rings. The number of carboxylic acid groups (broad SMARTS) is 1. The minimum Gasteiger partial charge on any atom is -0.483 e. The van der Waals surface area contributed by atoms with Gasteiger partial charge in [0.1, 0.15) is 0 Å². The molecule has 0 bridgehead atoms. The molecule has 0 saturated carbocycles. The molecule has 1 saturated heterocycles. The van der Waals surface area contributed by atoms with E-state index in [9.17, 15) is 4.79 Å². The van der Waals surface area contributed by atoms with Crippen molar-refractivity contribution in [2.45, 2.75) is 32.2 Å². The molecule has 3 aromatic rings. The number of amides is 1. The van der Waals surface area contributed by atoms with Crippen molar-refractivity contribution in [1.82, 2.24) is 24.8 Å². The lowest BCUT2D eigenvalue weighted by Crippen LogP contribution is -2.39. The molecular formula is C24H31N5O3. The number of carbonyl (C=O) groups excluding carboxylic acids is 1. The monoisotopic (exact) mass is 437 g/mol. The molecule has 1 aliphatic heterocycles. The molecule has 2 N–H and O–H groups in total. The van der Waals surface area contributed by atoms with Crippen molar-refractivity contribution < 1.29 is 14.7 Å². The molecular weight excluding hydrogens is 406 g/mol. The van der Waals surface area contributed by atoms with Crippen LogP contribution < -0.4 is 5.32 Å². The van der Waals surface area contributed by atoms with Crippen LogP contribution in [0.25, 0.3) is 11.0 Å². The third kappa shape index (κ3) is 7.16. The normalized spacial score (nSPS) is 14.5. The number of benzene rings is 1. The molecule has 0 unspecified atom stereocenters. The van der Waals surface area contributed by atoms with Crippen LogP contribution in [0.5, 0.6) is 0 Å². The van der Waals surface area contributed by atoms with E-state index < -0.39 is 0 Å². The van der Waals surface area contributed by atoms with E-state index in [1.165, 1.54) is 5.52 Å². The Kier molecular flexibility index (Phi) is 9.19. The number of hydrogen-bond acceptors (Lipinski definition) is 5. The third-order valence-corrected chi connectivity index (χ3v) is 5.84. The van der Waals surface area contributed by atoms with Crippen molar-refractivity contribution in [3.8, 4) is 0 Å². The first-order valence-corrected chi connectivity index (χ1v) is 11.0. The summed E-state index contributed by atoms with van der Waals surface area (Å²) in [6, 6.07) is 12.2. The molecule has 1 amide bonds. The number of nitrogens with zero attached hydrogens (tertiary/aromatic N) is 4. The molecule has 3 heterocycles. The van der Waals surface area contributed by atoms with E-state index in [-0.39, 0.29) is 12.4 Å². The van der Waals surface area contributed by atoms with E-state index >= 15 is 0 Å². The molecule has 8 heteroatoms. The highest BCUT2D eigenvalue weighted by Crippen LogP contribution is 2.17. The van der Waals surface area contributed by atoms with Crippen molar-refractivity contribution >= 4 is 23.4 Å². The first-order valence-electron chi connectivity index (χ1n) is 11.0. The number of hydrogen-bond donors (Lipinski definition) is 2. The predicted molar refractivity (Wildman–Crippen MR) is 123 cm³/mol. The molecule has 0 radical (unpaired) electrons. The van der Waals surface area contributed by atoms with Gasteiger partial charge in [-0.05, 0) is 62.0 Å². The van der Waals surface area contributed by atoms with E-state index in [1.807, 2.05) is 30.7 Å². The van der Waals surface area contributed by atoms with E-state index in [0.29, 0.717) is 12.3 Å². The Labute approximate surface area is 188 Å². The quantitative estimate of drug-likeness (QED) is 0.526. The molecule has 170 valence electrons. The second kappa shape index (κ2) is 12.6. The molecule has 1 aromatic carbocycles. The highest BCUT2D eigenvalue weighted by atomic mass is 16.3. The van der Waals surface area contributed by atoms with Gasteiger partial charge in [-0.25, -0.2) is 4.98 Å². The second-order valence-corrected chi connectivity index (χ2v) is 7.98. The van der Waals surface area contributed by atoms with Crippen LogP contribution in [0.1, 0.15) is 24.8 Å². The number of rotatable bonds is 8. The predicted octanol–water partition coefficient (Wildman–Crippen LogP) is 2.59. The number of likely N-dealkylation sites (tertiary alicyclic amines) is 1. The zero-order valence-corrected chi connectivity index (χ0v) is 18.3. The van der Waals surface area contributed by atoms with Gasteiger partial charge in [0.25, 0.3) is 6.47 Å². The second-order valence-electron chi connectivity index (χ2n) is 7.98. The summed E-state index contributed by atoms with van der Waals surface area (Å²) < 4.78 is 2.24. The lowest BCUT2D eigenvalue weighted by atomic mass is 9.96. The molecule has 0 spiro atoms. The summed E-state index contributed by atoms with van der Waals surface area (Å²) in [5.74, 6) is 0.728. The zero-order chi connectivity index (χ0) is 22.6. The summed E-state index contributed by atoms with van der Waals surface area (Å²) in [5.41, 5.74) is 3.38. The van der Waals surface area contributed by atoms with E-state index in [0.717, 1.165) is 63.1 Å². The van der Waals surface area contributed by atoms with Gasteiger partial charge in [-0.2, -0.15) is 0 Å². The molecule has 32 heavy (non-hydrogen) atoms. The van der Waals surface area contributed by atoms with Crippen LogP contribution in [0.4, 0.5) is 0 Å². The van der Waals surface area contributed by atoms with E-state index in [1.54, 1.807) is 6.20 Å². The summed E-state index contributed by atoms with van der Waals surface area (Å²) >= 11 is 0. The van der Waals surface area contributed by atoms with Crippen LogP contribution in [-0.4, -0.2) is 63.1 Å². The average Bonchev–Trinajstić information content (AvgIpc) is 3.25. The topological polar surface area (TPSA) is 100 Å². The largest absolute Gasteiger partial charge is 0.483 e. The van der Waals surface area contributed by atoms with Gasteiger partial charge in [-0.1, -0.05) is 18.2 Å². The molecule has 0 aliphatic carbocycles. The summed E-state index contributed by atoms with van der Waals surface area (Å²) in [7, 11) is 0. The summed E-state index contributed by atoms with van der Waals surface area (Å²) in [6.07, 6.45) is 9.10. The van der Waals surface area contributed by atoms with Gasteiger partial charge >= 0.3 is 0 Å². The van der Waals surface area contributed by atoms with Crippen LogP contribution in [-0.2, 0) is 22.6 Å². The van der Waals surface area contributed by atoms with Crippen molar-refractivity contribution in [1.29, 1.82) is 0 Å². The van der Waals surface area contributed by atoms with Gasteiger partial charge in [0, 0.05) is 38.4 Å². The lowest BCUT2D eigenvalue weighted by molar-refractivity contribution is -0.123. The van der Waals surface area contributed by atoms with Gasteiger partial charge in [0.2, 0.25) is 5.91 Å². The molecule has 2 aromatic heterocycles. The van der Waals surface area contributed by atoms with Gasteiger partial charge in [-0.15, -0.1) is 0 Å². The Hall–Kier alpha value is -3.26. The van der Waals surface area contributed by atoms with Crippen molar-refractivity contribution in [2.75, 3.05) is 26.2 Å². The van der Waals surface area contributed by atoms with Gasteiger partial charge in [0.05, 0.1) is 17.4 Å². The fourth-order valence-corrected chi connectivity index (χ4v) is 4.00. The Morgan fingerprint density at radius 3 is 2.69 bits per heavy atom. The number of pyridine rings is 1. The number of imidazole rings is 1. The summed E-state index contributed by atoms with van der Waals surface area (Å²) in [4.78, 5) is 31.6. The molecule has 0 atom stereocenters. The molecule has 1 aliphatic rings. The van der Waals surface area contributed by atoms with Crippen LogP contribution in [0.15, 0.2) is 55.1 Å². The Morgan fingerprint density at radius 2 is 1.94 bits per heavy atom. The van der Waals surface area contributed by atoms with Crippen LogP contribution in [0, 0.1) is 5.92 Å². The number of aromatic nitrogens is 3. The zero-order valence-electron chi connectivity index (χ0n) is 18.3. The highest BCUT2D eigenvalue weighted by molar-refractivity contribution is 5.76. The Morgan fingerprint density at radius 1 is 1.16 bits per heavy atom. The van der Waals surface area contributed by atoms with Crippen molar-refractivity contribution in [2.24, 2.45) is 5.92 Å². The van der Waals surface area contributed by atoms with E-state index in [2.05, 4.69) is 43.0 Å². The molecule has 4 rings (SSSR count). The van der Waals surface area contributed by atoms with Crippen LogP contribution >= 0.6 is 0 Å². The molecule has 8 nitrogen and oxygen atoms in total. The Balaban J connectivity index is 0.000000913. The van der Waals surface area contributed by atoms with Gasteiger partial charge in [-0.3, -0.25) is 14.6 Å². The number of nitrogens with one attached hydrogen (secondary N) is 1. The smallest absolute Gasteiger partial charge is 0.290 e. The summed E-state index contributed by atoms with van der Waals surface area (Å²) in [5, 5.41) is 10.0. The third-order valence-electron chi connectivity index (χ3n) is 5.84. The number of aryl methyl sites for hydroxylation is 1. The average molecular weight is 438 g/mol. The van der Waals surface area contributed by atoms with Crippen LogP contribution in [0.3, 0.4) is 0 Å². The Bertz CT molecular complexity index is 968. The maximum Gasteiger partial charge on any atom is 0.290 e. The maximum atomic E-state index is 12.1. The first-order chi connectivity index (χ1) is 15.7. The van der Waals surface area contributed by atoms with Crippen molar-refractivity contribution in [3.63, 3.8) is 0 Å².